The Balaban J connectivity index is 2.13. The molecule has 132 valence electrons. The van der Waals surface area contributed by atoms with Crippen molar-refractivity contribution >= 4 is 15.7 Å². The molecule has 2 aromatic rings. The van der Waals surface area contributed by atoms with E-state index in [0.29, 0.717) is 0 Å². The molecule has 0 unspecified atom stereocenters. The Bertz CT molecular complexity index is 817. The molecule has 0 aliphatic carbocycles. The maximum absolute atomic E-state index is 12.6. The first-order chi connectivity index (χ1) is 11.0. The molecule has 2 rings (SSSR count). The molecule has 24 heavy (non-hydrogen) atoms. The van der Waals surface area contributed by atoms with Crippen molar-refractivity contribution in [2.24, 2.45) is 7.05 Å². The van der Waals surface area contributed by atoms with E-state index in [-0.39, 0.29) is 17.4 Å². The molecule has 0 fully saturated rings. The van der Waals surface area contributed by atoms with Crippen molar-refractivity contribution in [3.05, 3.63) is 30.1 Å². The summed E-state index contributed by atoms with van der Waals surface area (Å²) in [6.07, 6.45) is -2.86. The predicted molar refractivity (Wildman–Crippen MR) is 71.1 cm³/mol. The van der Waals surface area contributed by atoms with Crippen LogP contribution in [-0.2, 0) is 17.1 Å². The van der Waals surface area contributed by atoms with Gasteiger partial charge >= 0.3 is 21.5 Å². The van der Waals surface area contributed by atoms with E-state index >= 15 is 0 Å². The smallest absolute Gasteiger partial charge is 0.424 e. The van der Waals surface area contributed by atoms with Gasteiger partial charge in [-0.15, -0.1) is 5.10 Å². The maximum Gasteiger partial charge on any atom is 0.516 e. The van der Waals surface area contributed by atoms with Gasteiger partial charge in [0.25, 0.3) is 6.43 Å². The van der Waals surface area contributed by atoms with E-state index in [9.17, 15) is 30.4 Å². The van der Waals surface area contributed by atoms with Crippen molar-refractivity contribution in [2.75, 3.05) is 4.72 Å². The zero-order valence-electron chi connectivity index (χ0n) is 11.8. The summed E-state index contributed by atoms with van der Waals surface area (Å²) < 4.78 is 91.1. The third kappa shape index (κ3) is 3.72. The lowest BCUT2D eigenvalue weighted by atomic mass is 10.3. The molecular weight excluding hydrogens is 363 g/mol. The predicted octanol–water partition coefficient (Wildman–Crippen LogP) is 2.81. The molecule has 0 saturated carbocycles. The summed E-state index contributed by atoms with van der Waals surface area (Å²) in [7, 11) is -4.30. The molecule has 1 aromatic heterocycles. The number of halogens is 5. The number of ether oxygens (including phenoxy) is 1. The Morgan fingerprint density at radius 3 is 2.21 bits per heavy atom. The molecule has 7 nitrogen and oxygen atoms in total. The molecule has 0 bridgehead atoms. The molecule has 0 spiro atoms. The molecule has 0 aliphatic heterocycles. The van der Waals surface area contributed by atoms with Crippen LogP contribution in [0.15, 0.2) is 24.3 Å². The number of nitrogens with one attached hydrogen (secondary N) is 1. The van der Waals surface area contributed by atoms with E-state index in [4.69, 9.17) is 4.74 Å². The summed E-state index contributed by atoms with van der Waals surface area (Å²) >= 11 is 0. The summed E-state index contributed by atoms with van der Waals surface area (Å²) in [5, 5.41) is 6.62. The lowest BCUT2D eigenvalue weighted by Crippen LogP contribution is -2.29. The zero-order chi connectivity index (χ0) is 18.1. The Hall–Kier alpha value is -2.44. The SMILES string of the molecule is Cn1c(Oc2ccc(NS(=O)(=O)C(F)(F)F)cc2)nnc1C(F)F. The largest absolute Gasteiger partial charge is 0.516 e. The normalized spacial score (nSPS) is 12.5. The van der Waals surface area contributed by atoms with Gasteiger partial charge in [-0.3, -0.25) is 9.29 Å². The highest BCUT2D eigenvalue weighted by molar-refractivity contribution is 7.93. The third-order valence-corrected chi connectivity index (χ3v) is 3.80. The molecule has 0 amide bonds. The lowest BCUT2D eigenvalue weighted by molar-refractivity contribution is -0.0429. The molecule has 0 saturated heterocycles. The zero-order valence-corrected chi connectivity index (χ0v) is 12.6. The van der Waals surface area contributed by atoms with Crippen molar-refractivity contribution in [1.82, 2.24) is 14.8 Å². The van der Waals surface area contributed by atoms with E-state index in [0.717, 1.165) is 28.8 Å². The van der Waals surface area contributed by atoms with Gasteiger partial charge in [-0.1, -0.05) is 5.10 Å². The molecule has 0 atom stereocenters. The van der Waals surface area contributed by atoms with Crippen molar-refractivity contribution in [1.29, 1.82) is 0 Å². The van der Waals surface area contributed by atoms with Crippen LogP contribution < -0.4 is 9.46 Å². The van der Waals surface area contributed by atoms with Gasteiger partial charge in [0.05, 0.1) is 0 Å². The standard InChI is InChI=1S/C11H9F5N4O3S/c1-20-9(8(12)13)17-18-10(20)23-7-4-2-6(3-5-7)19-24(21,22)11(14,15)16/h2-5,8,19H,1H3. The monoisotopic (exact) mass is 372 g/mol. The summed E-state index contributed by atoms with van der Waals surface area (Å²) in [6.45, 7) is 0. The average Bonchev–Trinajstić information content (AvgIpc) is 2.81. The average molecular weight is 372 g/mol. The topological polar surface area (TPSA) is 86.1 Å². The van der Waals surface area contributed by atoms with Crippen LogP contribution in [0, 0.1) is 0 Å². The van der Waals surface area contributed by atoms with Gasteiger partial charge in [0.1, 0.15) is 5.75 Å². The highest BCUT2D eigenvalue weighted by Gasteiger charge is 2.46. The van der Waals surface area contributed by atoms with Crippen LogP contribution in [0.3, 0.4) is 0 Å². The van der Waals surface area contributed by atoms with Crippen LogP contribution in [0.25, 0.3) is 0 Å². The lowest BCUT2D eigenvalue weighted by Gasteiger charge is -2.11. The molecule has 1 heterocycles. The number of hydrogen-bond acceptors (Lipinski definition) is 5. The number of nitrogens with zero attached hydrogens (tertiary/aromatic N) is 3. The fraction of sp³-hybridized carbons (Fsp3) is 0.273. The summed E-state index contributed by atoms with van der Waals surface area (Å²) in [5.74, 6) is -0.596. The van der Waals surface area contributed by atoms with Crippen LogP contribution in [0.2, 0.25) is 0 Å². The van der Waals surface area contributed by atoms with E-state index in [2.05, 4.69) is 10.2 Å². The Morgan fingerprint density at radius 1 is 1.17 bits per heavy atom. The number of aromatic nitrogens is 3. The van der Waals surface area contributed by atoms with Crippen LogP contribution in [0.5, 0.6) is 11.8 Å². The number of rotatable bonds is 5. The number of benzene rings is 1. The Labute approximate surface area is 132 Å². The second kappa shape index (κ2) is 6.22. The van der Waals surface area contributed by atoms with Gasteiger partial charge in [0.2, 0.25) is 5.82 Å². The van der Waals surface area contributed by atoms with Crippen LogP contribution in [-0.4, -0.2) is 28.7 Å². The van der Waals surface area contributed by atoms with Crippen LogP contribution in [0.4, 0.5) is 27.6 Å². The van der Waals surface area contributed by atoms with Gasteiger partial charge in [-0.25, -0.2) is 8.78 Å². The summed E-state index contributed by atoms with van der Waals surface area (Å²) in [4.78, 5) is 0. The van der Waals surface area contributed by atoms with Crippen LogP contribution in [0.1, 0.15) is 12.2 Å². The van der Waals surface area contributed by atoms with Crippen LogP contribution >= 0.6 is 0 Å². The fourth-order valence-electron chi connectivity index (χ4n) is 1.51. The Morgan fingerprint density at radius 2 is 1.75 bits per heavy atom. The molecule has 1 aromatic carbocycles. The Kier molecular flexibility index (Phi) is 4.64. The van der Waals surface area contributed by atoms with Crippen molar-refractivity contribution in [3.8, 4) is 11.8 Å². The van der Waals surface area contributed by atoms with E-state index < -0.39 is 27.8 Å². The molecular formula is C11H9F5N4O3S. The summed E-state index contributed by atoms with van der Waals surface area (Å²) in [6, 6.07) is 4.00. The minimum Gasteiger partial charge on any atom is -0.424 e. The van der Waals surface area contributed by atoms with Gasteiger partial charge < -0.3 is 4.74 Å². The van der Waals surface area contributed by atoms with Gasteiger partial charge in [0, 0.05) is 12.7 Å². The molecule has 1 N–H and O–H groups in total. The highest BCUT2D eigenvalue weighted by Crippen LogP contribution is 2.28. The number of alkyl halides is 5. The van der Waals surface area contributed by atoms with Crippen molar-refractivity contribution < 1.29 is 35.1 Å². The summed E-state index contributed by atoms with van der Waals surface area (Å²) in [5.41, 5.74) is -5.81. The van der Waals surface area contributed by atoms with Gasteiger partial charge in [-0.05, 0) is 24.3 Å². The molecule has 0 aliphatic rings. The minimum atomic E-state index is -5.54. The number of sulfonamides is 1. The molecule has 0 radical (unpaired) electrons. The quantitative estimate of drug-likeness (QED) is 0.816. The van der Waals surface area contributed by atoms with E-state index in [1.807, 2.05) is 0 Å². The highest BCUT2D eigenvalue weighted by atomic mass is 32.2. The second-order valence-corrected chi connectivity index (χ2v) is 6.05. The fourth-order valence-corrected chi connectivity index (χ4v) is 2.08. The maximum atomic E-state index is 12.6. The van der Waals surface area contributed by atoms with Crippen molar-refractivity contribution in [3.63, 3.8) is 0 Å². The van der Waals surface area contributed by atoms with Crippen molar-refractivity contribution in [2.45, 2.75) is 11.9 Å². The first kappa shape index (κ1) is 17.9. The third-order valence-electron chi connectivity index (χ3n) is 2.68. The molecule has 13 heteroatoms. The number of hydrogen-bond donors (Lipinski definition) is 1. The first-order valence-electron chi connectivity index (χ1n) is 6.05. The van der Waals surface area contributed by atoms with Gasteiger partial charge in [-0.2, -0.15) is 21.6 Å². The second-order valence-electron chi connectivity index (χ2n) is 4.38. The van der Waals surface area contributed by atoms with Gasteiger partial charge in [0.15, 0.2) is 0 Å². The number of anilines is 1. The van der Waals surface area contributed by atoms with E-state index in [1.54, 1.807) is 0 Å². The minimum absolute atomic E-state index is 0.0290. The first-order valence-corrected chi connectivity index (χ1v) is 7.54. The van der Waals surface area contributed by atoms with E-state index in [1.165, 1.54) is 11.8 Å².